The molecule has 2 rings (SSSR count). The second-order valence-electron chi connectivity index (χ2n) is 6.38. The van der Waals surface area contributed by atoms with Gasteiger partial charge < -0.3 is 15.8 Å². The van der Waals surface area contributed by atoms with Crippen LogP contribution < -0.4 is 11.1 Å². The van der Waals surface area contributed by atoms with Crippen molar-refractivity contribution in [1.82, 2.24) is 5.32 Å². The Bertz CT molecular complexity index is 664. The number of carbonyl (C=O) groups excluding carboxylic acids is 1. The number of rotatable bonds is 9. The van der Waals surface area contributed by atoms with Crippen LogP contribution in [-0.2, 0) is 29.3 Å². The molecule has 0 aliphatic heterocycles. The minimum atomic E-state index is -0.466. The number of amides is 1. The fraction of sp³-hybridized carbons (Fsp3) is 0.381. The van der Waals surface area contributed by atoms with Crippen LogP contribution in [-0.4, -0.2) is 11.9 Å². The van der Waals surface area contributed by atoms with Crippen molar-refractivity contribution >= 4 is 18.3 Å². The van der Waals surface area contributed by atoms with E-state index in [4.69, 9.17) is 10.5 Å². The molecule has 0 radical (unpaired) electrons. The van der Waals surface area contributed by atoms with Crippen molar-refractivity contribution in [1.29, 1.82) is 0 Å². The summed E-state index contributed by atoms with van der Waals surface area (Å²) in [6.45, 7) is 5.58. The van der Waals surface area contributed by atoms with Gasteiger partial charge >= 0.3 is 0 Å². The number of ether oxygens (including phenoxy) is 1. The molecule has 26 heavy (non-hydrogen) atoms. The first-order chi connectivity index (χ1) is 12.1. The molecule has 2 aromatic rings. The molecule has 5 heteroatoms. The van der Waals surface area contributed by atoms with Gasteiger partial charge in [0.15, 0.2) is 0 Å². The summed E-state index contributed by atoms with van der Waals surface area (Å²) in [4.78, 5) is 12.2. The third-order valence-electron chi connectivity index (χ3n) is 4.50. The van der Waals surface area contributed by atoms with Gasteiger partial charge in [0.05, 0.1) is 19.3 Å². The molecule has 0 aromatic heterocycles. The fourth-order valence-electron chi connectivity index (χ4n) is 2.54. The number of nitrogens with two attached hydrogens (primary N) is 1. The van der Waals surface area contributed by atoms with Crippen molar-refractivity contribution in [3.63, 3.8) is 0 Å². The standard InChI is InChI=1S/C21H28N2O2.ClH/c1-3-16(2)20(22)21(24)23-13-18-11-7-8-12-19(18)15-25-14-17-9-5-4-6-10-17;/h4-12,16,20H,3,13-15,22H2,1-2H3,(H,23,24);1H. The highest BCUT2D eigenvalue weighted by Crippen LogP contribution is 2.12. The molecule has 2 unspecified atom stereocenters. The molecule has 3 N–H and O–H groups in total. The smallest absolute Gasteiger partial charge is 0.237 e. The average Bonchev–Trinajstić information content (AvgIpc) is 2.66. The Hall–Kier alpha value is -1.88. The van der Waals surface area contributed by atoms with Gasteiger partial charge in [-0.3, -0.25) is 4.79 Å². The summed E-state index contributed by atoms with van der Waals surface area (Å²) in [5.41, 5.74) is 9.26. The van der Waals surface area contributed by atoms with Crippen LogP contribution in [0.2, 0.25) is 0 Å². The van der Waals surface area contributed by atoms with E-state index in [9.17, 15) is 4.79 Å². The van der Waals surface area contributed by atoms with Crippen LogP contribution in [0.1, 0.15) is 37.0 Å². The lowest BCUT2D eigenvalue weighted by atomic mass is 9.99. The Balaban J connectivity index is 0.00000338. The molecular weight excluding hydrogens is 348 g/mol. The Morgan fingerprint density at radius 2 is 1.65 bits per heavy atom. The van der Waals surface area contributed by atoms with Crippen molar-refractivity contribution in [2.75, 3.05) is 0 Å². The maximum absolute atomic E-state index is 12.2. The first-order valence-corrected chi connectivity index (χ1v) is 8.83. The van der Waals surface area contributed by atoms with Crippen LogP contribution in [0.3, 0.4) is 0 Å². The molecule has 0 aliphatic rings. The monoisotopic (exact) mass is 376 g/mol. The zero-order valence-electron chi connectivity index (χ0n) is 15.5. The molecule has 2 atom stereocenters. The summed E-state index contributed by atoms with van der Waals surface area (Å²) >= 11 is 0. The summed E-state index contributed by atoms with van der Waals surface area (Å²) < 4.78 is 5.82. The number of benzene rings is 2. The summed E-state index contributed by atoms with van der Waals surface area (Å²) in [7, 11) is 0. The zero-order chi connectivity index (χ0) is 18.1. The van der Waals surface area contributed by atoms with Crippen LogP contribution in [0.25, 0.3) is 0 Å². The average molecular weight is 377 g/mol. The van der Waals surface area contributed by atoms with Gasteiger partial charge in [-0.05, 0) is 22.6 Å². The van der Waals surface area contributed by atoms with Gasteiger partial charge in [-0.2, -0.15) is 0 Å². The van der Waals surface area contributed by atoms with Crippen molar-refractivity contribution < 1.29 is 9.53 Å². The number of hydrogen-bond donors (Lipinski definition) is 2. The largest absolute Gasteiger partial charge is 0.372 e. The highest BCUT2D eigenvalue weighted by atomic mass is 35.5. The molecule has 142 valence electrons. The van der Waals surface area contributed by atoms with Gasteiger partial charge in [-0.15, -0.1) is 12.4 Å². The molecule has 1 amide bonds. The molecule has 0 heterocycles. The highest BCUT2D eigenvalue weighted by molar-refractivity contribution is 5.85. The Morgan fingerprint density at radius 1 is 1.04 bits per heavy atom. The lowest BCUT2D eigenvalue weighted by Crippen LogP contribution is -2.44. The first-order valence-electron chi connectivity index (χ1n) is 8.83. The van der Waals surface area contributed by atoms with Crippen LogP contribution in [0.5, 0.6) is 0 Å². The maximum Gasteiger partial charge on any atom is 0.237 e. The molecule has 0 fully saturated rings. The lowest BCUT2D eigenvalue weighted by Gasteiger charge is -2.18. The van der Waals surface area contributed by atoms with Gasteiger partial charge in [0, 0.05) is 6.54 Å². The number of hydrogen-bond acceptors (Lipinski definition) is 3. The quantitative estimate of drug-likeness (QED) is 0.699. The molecule has 0 aliphatic carbocycles. The van der Waals surface area contributed by atoms with E-state index in [1.165, 1.54) is 0 Å². The summed E-state index contributed by atoms with van der Waals surface area (Å²) in [5.74, 6) is 0.0683. The van der Waals surface area contributed by atoms with Gasteiger partial charge in [0.1, 0.15) is 0 Å². The van der Waals surface area contributed by atoms with Crippen LogP contribution in [0.15, 0.2) is 54.6 Å². The van der Waals surface area contributed by atoms with E-state index in [1.54, 1.807) is 0 Å². The van der Waals surface area contributed by atoms with Crippen LogP contribution >= 0.6 is 12.4 Å². The topological polar surface area (TPSA) is 64.4 Å². The zero-order valence-corrected chi connectivity index (χ0v) is 16.3. The van der Waals surface area contributed by atoms with Gasteiger partial charge in [-0.25, -0.2) is 0 Å². The first kappa shape index (κ1) is 22.2. The lowest BCUT2D eigenvalue weighted by molar-refractivity contribution is -0.123. The summed E-state index contributed by atoms with van der Waals surface area (Å²) in [6, 6.07) is 17.6. The normalized spacial score (nSPS) is 12.7. The SMILES string of the molecule is CCC(C)C(N)C(=O)NCc1ccccc1COCc1ccccc1.Cl. The Morgan fingerprint density at radius 3 is 2.31 bits per heavy atom. The van der Waals surface area contributed by atoms with E-state index < -0.39 is 6.04 Å². The van der Waals surface area contributed by atoms with Crippen molar-refractivity contribution in [2.45, 2.75) is 46.1 Å². The molecule has 2 aromatic carbocycles. The molecule has 0 saturated heterocycles. The predicted octanol–water partition coefficient (Wildman–Crippen LogP) is 3.81. The minimum absolute atomic E-state index is 0. The second-order valence-corrected chi connectivity index (χ2v) is 6.38. The van der Waals surface area contributed by atoms with Crippen molar-refractivity contribution in [3.8, 4) is 0 Å². The van der Waals surface area contributed by atoms with E-state index in [0.29, 0.717) is 19.8 Å². The van der Waals surface area contributed by atoms with E-state index in [-0.39, 0.29) is 24.2 Å². The third kappa shape index (κ3) is 6.79. The molecular formula is C21H29ClN2O2. The Labute approximate surface area is 162 Å². The van der Waals surface area contributed by atoms with Crippen LogP contribution in [0, 0.1) is 5.92 Å². The number of carbonyl (C=O) groups is 1. The second kappa shape index (κ2) is 11.7. The van der Waals surface area contributed by atoms with E-state index in [1.807, 2.05) is 68.4 Å². The third-order valence-corrected chi connectivity index (χ3v) is 4.50. The molecule has 0 saturated carbocycles. The number of halogens is 1. The number of nitrogens with one attached hydrogen (secondary N) is 1. The van der Waals surface area contributed by atoms with E-state index in [2.05, 4.69) is 5.32 Å². The van der Waals surface area contributed by atoms with Gasteiger partial charge in [-0.1, -0.05) is 74.9 Å². The maximum atomic E-state index is 12.2. The molecule has 0 bridgehead atoms. The molecule has 4 nitrogen and oxygen atoms in total. The Kier molecular flexibility index (Phi) is 9.96. The molecule has 0 spiro atoms. The van der Waals surface area contributed by atoms with Gasteiger partial charge in [0.25, 0.3) is 0 Å². The fourth-order valence-corrected chi connectivity index (χ4v) is 2.54. The summed E-state index contributed by atoms with van der Waals surface area (Å²) in [5, 5.41) is 2.94. The van der Waals surface area contributed by atoms with Crippen molar-refractivity contribution in [2.24, 2.45) is 11.7 Å². The predicted molar refractivity (Wildman–Crippen MR) is 108 cm³/mol. The van der Waals surface area contributed by atoms with Crippen molar-refractivity contribution in [3.05, 3.63) is 71.3 Å². The van der Waals surface area contributed by atoms with Gasteiger partial charge in [0.2, 0.25) is 5.91 Å². The van der Waals surface area contributed by atoms with E-state index >= 15 is 0 Å². The van der Waals surface area contributed by atoms with E-state index in [0.717, 1.165) is 23.1 Å². The van der Waals surface area contributed by atoms with Crippen LogP contribution in [0.4, 0.5) is 0 Å². The minimum Gasteiger partial charge on any atom is -0.372 e. The highest BCUT2D eigenvalue weighted by Gasteiger charge is 2.19. The summed E-state index contributed by atoms with van der Waals surface area (Å²) in [6.07, 6.45) is 0.887.